The van der Waals surface area contributed by atoms with Crippen LogP contribution in [-0.4, -0.2) is 9.55 Å². The Kier molecular flexibility index (Phi) is 5.54. The van der Waals surface area contributed by atoms with Crippen LogP contribution in [0, 0.1) is 27.7 Å². The number of nitrogens with one attached hydrogen (secondary N) is 1. The molecule has 0 atom stereocenters. The van der Waals surface area contributed by atoms with Gasteiger partial charge in [0.25, 0.3) is 5.56 Å². The van der Waals surface area contributed by atoms with Gasteiger partial charge in [0.05, 0.1) is 12.1 Å². The molecule has 0 amide bonds. The zero-order valence-corrected chi connectivity index (χ0v) is 17.1. The van der Waals surface area contributed by atoms with E-state index in [9.17, 15) is 9.59 Å². The number of hydrogen-bond acceptors (Lipinski definition) is 3. The molecule has 2 aromatic carbocycles. The van der Waals surface area contributed by atoms with E-state index in [0.717, 1.165) is 27.8 Å². The molecule has 146 valence electrons. The summed E-state index contributed by atoms with van der Waals surface area (Å²) in [6.07, 6.45) is 0.461. The lowest BCUT2D eigenvalue weighted by molar-refractivity contribution is 0.413. The summed E-state index contributed by atoms with van der Waals surface area (Å²) in [5.41, 5.74) is 4.94. The Morgan fingerprint density at radius 1 is 0.857 bits per heavy atom. The van der Waals surface area contributed by atoms with Crippen molar-refractivity contribution >= 4 is 0 Å². The minimum Gasteiger partial charge on any atom is -0.440 e. The standard InChI is InChI=1S/C23H26N2O3/c1-6-20-21(26)24-23(27)25(13-18-9-14(2)7-15(3)10-18)22(20)28-19-11-16(4)8-17(5)12-19/h7-12H,6,13H2,1-5H3,(H,24,26,27). The van der Waals surface area contributed by atoms with E-state index in [2.05, 4.69) is 11.1 Å². The number of aromatic nitrogens is 2. The van der Waals surface area contributed by atoms with Crippen molar-refractivity contribution in [2.24, 2.45) is 0 Å². The number of H-pyrrole nitrogens is 1. The molecule has 0 spiro atoms. The van der Waals surface area contributed by atoms with Crippen LogP contribution in [-0.2, 0) is 13.0 Å². The average Bonchev–Trinajstić information content (AvgIpc) is 2.56. The molecule has 0 radical (unpaired) electrons. The zero-order chi connectivity index (χ0) is 20.4. The Balaban J connectivity index is 2.15. The lowest BCUT2D eigenvalue weighted by Crippen LogP contribution is -2.33. The molecule has 1 aromatic heterocycles. The normalized spacial score (nSPS) is 10.9. The number of ether oxygens (including phenoxy) is 1. The van der Waals surface area contributed by atoms with Gasteiger partial charge in [-0.05, 0) is 62.9 Å². The van der Waals surface area contributed by atoms with Gasteiger partial charge in [0.2, 0.25) is 5.88 Å². The average molecular weight is 378 g/mol. The molecular formula is C23H26N2O3. The number of rotatable bonds is 5. The molecule has 0 saturated carbocycles. The van der Waals surface area contributed by atoms with E-state index >= 15 is 0 Å². The van der Waals surface area contributed by atoms with Gasteiger partial charge in [-0.3, -0.25) is 14.3 Å². The molecule has 3 rings (SSSR count). The molecule has 0 aliphatic heterocycles. The van der Waals surface area contributed by atoms with Gasteiger partial charge in [0.1, 0.15) is 5.75 Å². The van der Waals surface area contributed by atoms with E-state index in [4.69, 9.17) is 4.74 Å². The van der Waals surface area contributed by atoms with Gasteiger partial charge < -0.3 is 4.74 Å². The second kappa shape index (κ2) is 7.89. The smallest absolute Gasteiger partial charge is 0.331 e. The lowest BCUT2D eigenvalue weighted by atomic mass is 10.1. The highest BCUT2D eigenvalue weighted by Gasteiger charge is 2.17. The Labute approximate surface area is 164 Å². The third-order valence-corrected chi connectivity index (χ3v) is 4.63. The highest BCUT2D eigenvalue weighted by molar-refractivity contribution is 5.38. The van der Waals surface area contributed by atoms with Crippen LogP contribution >= 0.6 is 0 Å². The maximum absolute atomic E-state index is 12.7. The fourth-order valence-electron chi connectivity index (χ4n) is 3.61. The molecule has 0 bridgehead atoms. The molecule has 3 aromatic rings. The highest BCUT2D eigenvalue weighted by Crippen LogP contribution is 2.26. The van der Waals surface area contributed by atoms with E-state index < -0.39 is 11.2 Å². The van der Waals surface area contributed by atoms with Crippen molar-refractivity contribution in [3.05, 3.63) is 90.6 Å². The first kappa shape index (κ1) is 19.7. The monoisotopic (exact) mass is 378 g/mol. The van der Waals surface area contributed by atoms with E-state index in [-0.39, 0.29) is 0 Å². The van der Waals surface area contributed by atoms with E-state index in [1.165, 1.54) is 4.57 Å². The van der Waals surface area contributed by atoms with Crippen LogP contribution in [0.2, 0.25) is 0 Å². The number of hydrogen-bond donors (Lipinski definition) is 1. The molecule has 0 aliphatic rings. The minimum atomic E-state index is -0.472. The van der Waals surface area contributed by atoms with Gasteiger partial charge in [0.15, 0.2) is 0 Å². The third-order valence-electron chi connectivity index (χ3n) is 4.63. The minimum absolute atomic E-state index is 0.306. The Bertz CT molecular complexity index is 1100. The van der Waals surface area contributed by atoms with Crippen LogP contribution in [0.25, 0.3) is 0 Å². The molecule has 0 aliphatic carbocycles. The largest absolute Gasteiger partial charge is 0.440 e. The number of aryl methyl sites for hydroxylation is 4. The molecule has 0 saturated heterocycles. The maximum atomic E-state index is 12.7. The topological polar surface area (TPSA) is 64.1 Å². The molecule has 5 heteroatoms. The van der Waals surface area contributed by atoms with Crippen molar-refractivity contribution in [2.75, 3.05) is 0 Å². The SMILES string of the molecule is CCc1c(Oc2cc(C)cc(C)c2)n(Cc2cc(C)cc(C)c2)c(=O)[nH]c1=O. The summed E-state index contributed by atoms with van der Waals surface area (Å²) in [5, 5.41) is 0. The van der Waals surface area contributed by atoms with Gasteiger partial charge in [-0.25, -0.2) is 4.79 Å². The van der Waals surface area contributed by atoms with Gasteiger partial charge in [-0.1, -0.05) is 42.3 Å². The quantitative estimate of drug-likeness (QED) is 0.725. The van der Waals surface area contributed by atoms with Crippen LogP contribution in [0.1, 0.15) is 40.3 Å². The van der Waals surface area contributed by atoms with Crippen molar-refractivity contribution < 1.29 is 4.74 Å². The zero-order valence-electron chi connectivity index (χ0n) is 17.1. The Hall–Kier alpha value is -3.08. The van der Waals surface area contributed by atoms with Crippen molar-refractivity contribution in [3.8, 4) is 11.6 Å². The summed E-state index contributed by atoms with van der Waals surface area (Å²) in [7, 11) is 0. The van der Waals surface area contributed by atoms with Crippen LogP contribution in [0.3, 0.4) is 0 Å². The first-order valence-corrected chi connectivity index (χ1v) is 9.46. The summed E-state index contributed by atoms with van der Waals surface area (Å²) in [5.74, 6) is 0.923. The van der Waals surface area contributed by atoms with Crippen molar-refractivity contribution in [3.63, 3.8) is 0 Å². The van der Waals surface area contributed by atoms with Crippen LogP contribution in [0.4, 0.5) is 0 Å². The predicted molar refractivity (Wildman–Crippen MR) is 112 cm³/mol. The maximum Gasteiger partial charge on any atom is 0.331 e. The molecule has 5 nitrogen and oxygen atoms in total. The first-order chi connectivity index (χ1) is 13.3. The van der Waals surface area contributed by atoms with E-state index in [1.54, 1.807) is 0 Å². The highest BCUT2D eigenvalue weighted by atomic mass is 16.5. The third kappa shape index (κ3) is 4.25. The van der Waals surface area contributed by atoms with E-state index in [1.807, 2.05) is 65.0 Å². The summed E-state index contributed by atoms with van der Waals surface area (Å²) in [6.45, 7) is 10.2. The van der Waals surface area contributed by atoms with Crippen molar-refractivity contribution in [1.82, 2.24) is 9.55 Å². The number of benzene rings is 2. The second-order valence-electron chi connectivity index (χ2n) is 7.40. The van der Waals surface area contributed by atoms with E-state index in [0.29, 0.717) is 30.2 Å². The molecule has 0 unspecified atom stereocenters. The summed E-state index contributed by atoms with van der Waals surface area (Å²) in [4.78, 5) is 27.5. The molecule has 1 N–H and O–H groups in total. The Morgan fingerprint density at radius 2 is 1.39 bits per heavy atom. The van der Waals surface area contributed by atoms with Crippen LogP contribution < -0.4 is 16.0 Å². The second-order valence-corrected chi connectivity index (χ2v) is 7.40. The predicted octanol–water partition coefficient (Wildman–Crippen LogP) is 4.17. The first-order valence-electron chi connectivity index (χ1n) is 9.46. The molecule has 28 heavy (non-hydrogen) atoms. The summed E-state index contributed by atoms with van der Waals surface area (Å²) in [6, 6.07) is 12.0. The summed E-state index contributed by atoms with van der Waals surface area (Å²) >= 11 is 0. The van der Waals surface area contributed by atoms with Crippen LogP contribution in [0.15, 0.2) is 46.0 Å². The Morgan fingerprint density at radius 3 is 1.93 bits per heavy atom. The molecule has 0 fully saturated rings. The number of nitrogens with zero attached hydrogens (tertiary/aromatic N) is 1. The number of aromatic amines is 1. The van der Waals surface area contributed by atoms with Crippen molar-refractivity contribution in [1.29, 1.82) is 0 Å². The molecular weight excluding hydrogens is 352 g/mol. The summed E-state index contributed by atoms with van der Waals surface area (Å²) < 4.78 is 7.64. The fraction of sp³-hybridized carbons (Fsp3) is 0.304. The van der Waals surface area contributed by atoms with Gasteiger partial charge in [-0.15, -0.1) is 0 Å². The fourth-order valence-corrected chi connectivity index (χ4v) is 3.61. The molecule has 1 heterocycles. The van der Waals surface area contributed by atoms with Crippen molar-refractivity contribution in [2.45, 2.75) is 47.6 Å². The van der Waals surface area contributed by atoms with Gasteiger partial charge in [0, 0.05) is 0 Å². The lowest BCUT2D eigenvalue weighted by Gasteiger charge is -2.17. The van der Waals surface area contributed by atoms with Gasteiger partial charge in [-0.2, -0.15) is 0 Å². The van der Waals surface area contributed by atoms with Crippen LogP contribution in [0.5, 0.6) is 11.6 Å². The van der Waals surface area contributed by atoms with Gasteiger partial charge >= 0.3 is 5.69 Å².